The molecule has 0 amide bonds. The van der Waals surface area contributed by atoms with Gasteiger partial charge in [-0.2, -0.15) is 0 Å². The number of ketones is 1. The van der Waals surface area contributed by atoms with Crippen molar-refractivity contribution in [2.75, 3.05) is 19.8 Å². The lowest BCUT2D eigenvalue weighted by Gasteiger charge is -2.58. The van der Waals surface area contributed by atoms with Gasteiger partial charge in [-0.3, -0.25) is 4.79 Å². The molecule has 10 nitrogen and oxygen atoms in total. The standard InChI is InChI=1S/C29H36O10/c1-16-7-9-26-14-34-23(32)22-28(39-22)10-11-35-27(17(2)30,24(28)33)8-5-4-6-21(31)38-18-13-20(37-19(26)12-16)29(15-36-29)25(18,26)3/h4,6,12,18-20,22,24,33H,5,7-11,13-15H2,1-3H3/b6-4-/t18-,19-,20-,22+,24+,25-,26-,27+,28-,29-/m1/s1. The first-order chi connectivity index (χ1) is 18.5. The Kier molecular flexibility index (Phi) is 5.45. The highest BCUT2D eigenvalue weighted by Crippen LogP contribution is 2.72. The number of epoxide rings is 2. The van der Waals surface area contributed by atoms with Crippen molar-refractivity contribution in [3.63, 3.8) is 0 Å². The minimum atomic E-state index is -1.54. The summed E-state index contributed by atoms with van der Waals surface area (Å²) in [4.78, 5) is 39.4. The first kappa shape index (κ1) is 25.8. The number of carbonyl (C=O) groups is 3. The smallest absolute Gasteiger partial charge is 0.338 e. The van der Waals surface area contributed by atoms with E-state index < -0.39 is 57.9 Å². The van der Waals surface area contributed by atoms with Gasteiger partial charge < -0.3 is 33.5 Å². The first-order valence-corrected chi connectivity index (χ1v) is 14.1. The number of aliphatic hydroxyl groups is 1. The summed E-state index contributed by atoms with van der Waals surface area (Å²) < 4.78 is 36.7. The molecule has 7 rings (SSSR count). The van der Waals surface area contributed by atoms with Crippen LogP contribution in [0.4, 0.5) is 0 Å². The van der Waals surface area contributed by atoms with Gasteiger partial charge in [0.25, 0.3) is 0 Å². The van der Waals surface area contributed by atoms with Gasteiger partial charge in [0, 0.05) is 24.3 Å². The van der Waals surface area contributed by atoms with Crippen molar-refractivity contribution in [3.8, 4) is 0 Å². The number of carbonyl (C=O) groups excluding carboxylic acids is 3. The topological polar surface area (TPSA) is 133 Å². The number of rotatable bonds is 1. The molecule has 0 aromatic carbocycles. The van der Waals surface area contributed by atoms with E-state index in [9.17, 15) is 19.5 Å². The Bertz CT molecular complexity index is 1190. The summed E-state index contributed by atoms with van der Waals surface area (Å²) in [5.74, 6) is -1.43. The van der Waals surface area contributed by atoms with E-state index in [-0.39, 0.29) is 50.5 Å². The molecule has 4 bridgehead atoms. The maximum absolute atomic E-state index is 13.5. The second-order valence-electron chi connectivity index (χ2n) is 12.7. The lowest BCUT2D eigenvalue weighted by molar-refractivity contribution is -0.233. The van der Waals surface area contributed by atoms with Gasteiger partial charge in [-0.15, -0.1) is 0 Å². The van der Waals surface area contributed by atoms with Crippen molar-refractivity contribution in [1.29, 1.82) is 0 Å². The molecule has 5 aliphatic heterocycles. The van der Waals surface area contributed by atoms with Crippen molar-refractivity contribution >= 4 is 17.7 Å². The fraction of sp³-hybridized carbons (Fsp3) is 0.759. The summed E-state index contributed by atoms with van der Waals surface area (Å²) >= 11 is 0. The van der Waals surface area contributed by atoms with Gasteiger partial charge in [0.15, 0.2) is 17.5 Å². The van der Waals surface area contributed by atoms with E-state index in [0.717, 1.165) is 6.42 Å². The van der Waals surface area contributed by atoms with Crippen LogP contribution in [0.25, 0.3) is 0 Å². The zero-order valence-electron chi connectivity index (χ0n) is 22.6. The Morgan fingerprint density at radius 3 is 2.64 bits per heavy atom. The normalized spacial score (nSPS) is 53.0. The number of allylic oxidation sites excluding steroid dienone is 2. The highest BCUT2D eigenvalue weighted by atomic mass is 16.7. The molecule has 1 N–H and O–H groups in total. The lowest BCUT2D eigenvalue weighted by atomic mass is 9.51. The zero-order chi connectivity index (χ0) is 27.4. The summed E-state index contributed by atoms with van der Waals surface area (Å²) in [6, 6.07) is 0. The third-order valence-electron chi connectivity index (χ3n) is 11.2. The number of fused-ring (bicyclic) bond motifs is 1. The van der Waals surface area contributed by atoms with E-state index >= 15 is 0 Å². The summed E-state index contributed by atoms with van der Waals surface area (Å²) in [7, 11) is 0. The fourth-order valence-corrected chi connectivity index (χ4v) is 8.58. The molecule has 1 saturated carbocycles. The summed E-state index contributed by atoms with van der Waals surface area (Å²) in [6.45, 7) is 6.20. The molecule has 4 saturated heterocycles. The molecule has 212 valence electrons. The zero-order valence-corrected chi connectivity index (χ0v) is 22.6. The van der Waals surface area contributed by atoms with E-state index in [4.69, 9.17) is 28.4 Å². The van der Waals surface area contributed by atoms with Gasteiger partial charge in [-0.1, -0.05) is 24.6 Å². The Morgan fingerprint density at radius 2 is 1.90 bits per heavy atom. The molecule has 0 radical (unpaired) electrons. The van der Waals surface area contributed by atoms with Crippen LogP contribution in [0.1, 0.15) is 59.3 Å². The Labute approximate surface area is 226 Å². The van der Waals surface area contributed by atoms with E-state index in [1.54, 1.807) is 6.08 Å². The van der Waals surface area contributed by atoms with Crippen LogP contribution in [-0.4, -0.2) is 90.0 Å². The van der Waals surface area contributed by atoms with Crippen LogP contribution in [0.3, 0.4) is 0 Å². The quantitative estimate of drug-likeness (QED) is 0.295. The second-order valence-corrected chi connectivity index (χ2v) is 12.7. The monoisotopic (exact) mass is 544 g/mol. The predicted octanol–water partition coefficient (Wildman–Crippen LogP) is 1.71. The van der Waals surface area contributed by atoms with Gasteiger partial charge >= 0.3 is 11.9 Å². The van der Waals surface area contributed by atoms with Crippen LogP contribution >= 0.6 is 0 Å². The van der Waals surface area contributed by atoms with Crippen molar-refractivity contribution < 1.29 is 47.9 Å². The number of hydrogen-bond donors (Lipinski definition) is 1. The third-order valence-corrected chi connectivity index (χ3v) is 11.2. The minimum Gasteiger partial charge on any atom is -0.463 e. The molecule has 5 fully saturated rings. The average molecular weight is 545 g/mol. The van der Waals surface area contributed by atoms with E-state index in [1.807, 2.05) is 0 Å². The molecule has 3 spiro atoms. The maximum Gasteiger partial charge on any atom is 0.338 e. The van der Waals surface area contributed by atoms with Gasteiger partial charge in [0.2, 0.25) is 0 Å². The predicted molar refractivity (Wildman–Crippen MR) is 132 cm³/mol. The molecule has 7 aliphatic rings. The van der Waals surface area contributed by atoms with E-state index in [2.05, 4.69) is 19.9 Å². The maximum atomic E-state index is 13.5. The number of Topliss-reactive ketones (excluding diaryl/α,β-unsaturated/α-hetero) is 1. The van der Waals surface area contributed by atoms with Gasteiger partial charge in [0.05, 0.1) is 30.8 Å². The van der Waals surface area contributed by atoms with E-state index in [0.29, 0.717) is 19.4 Å². The van der Waals surface area contributed by atoms with E-state index in [1.165, 1.54) is 18.6 Å². The van der Waals surface area contributed by atoms with Crippen LogP contribution in [0.5, 0.6) is 0 Å². The molecule has 10 atom stereocenters. The third kappa shape index (κ3) is 3.18. The molecule has 10 heteroatoms. The Hall–Kier alpha value is -2.11. The van der Waals surface area contributed by atoms with Crippen molar-refractivity contribution in [1.82, 2.24) is 0 Å². The van der Waals surface area contributed by atoms with Crippen molar-refractivity contribution in [3.05, 3.63) is 23.8 Å². The number of cyclic esters (lactones) is 1. The molecule has 5 heterocycles. The fourth-order valence-electron chi connectivity index (χ4n) is 8.58. The van der Waals surface area contributed by atoms with Gasteiger partial charge in [-0.05, 0) is 39.5 Å². The van der Waals surface area contributed by atoms with Crippen molar-refractivity contribution in [2.24, 2.45) is 10.8 Å². The minimum absolute atomic E-state index is 0.0267. The van der Waals surface area contributed by atoms with Crippen LogP contribution in [-0.2, 0) is 42.8 Å². The summed E-state index contributed by atoms with van der Waals surface area (Å²) in [5.41, 5.74) is -3.54. The van der Waals surface area contributed by atoms with Crippen LogP contribution in [0.15, 0.2) is 23.8 Å². The van der Waals surface area contributed by atoms with Gasteiger partial charge in [0.1, 0.15) is 30.0 Å². The number of esters is 2. The molecule has 0 aromatic rings. The number of ether oxygens (including phenoxy) is 6. The van der Waals surface area contributed by atoms with Crippen LogP contribution in [0, 0.1) is 10.8 Å². The molecular weight excluding hydrogens is 508 g/mol. The average Bonchev–Trinajstić information content (AvgIpc) is 3.81. The van der Waals surface area contributed by atoms with Crippen LogP contribution in [0.2, 0.25) is 0 Å². The Balaban J connectivity index is 1.29. The summed E-state index contributed by atoms with van der Waals surface area (Å²) in [6.07, 6.45) is 4.34. The van der Waals surface area contributed by atoms with Gasteiger partial charge in [-0.25, -0.2) is 9.59 Å². The second kappa shape index (κ2) is 8.22. The lowest BCUT2D eigenvalue weighted by Crippen LogP contribution is -2.67. The summed E-state index contributed by atoms with van der Waals surface area (Å²) in [5, 5.41) is 11.4. The Morgan fingerprint density at radius 1 is 1.10 bits per heavy atom. The molecule has 2 aliphatic carbocycles. The molecule has 0 unspecified atom stereocenters. The highest BCUT2D eigenvalue weighted by Gasteiger charge is 2.83. The molecule has 39 heavy (non-hydrogen) atoms. The number of aliphatic hydroxyl groups excluding tert-OH is 1. The molecule has 0 aromatic heterocycles. The SMILES string of the molecule is CC(=O)[C@]12CC/C=C\C(=O)O[C@@H]3C[C@H]4O[C@@H]5C=C(C)CC[C@]5(COC(=O)[C@@H]5O[C@@]5(CCO1)[C@H]2O)[C@]3(C)[C@@]41CO1. The first-order valence-electron chi connectivity index (χ1n) is 14.1. The highest BCUT2D eigenvalue weighted by molar-refractivity contribution is 5.88. The molecular formula is C29H36O10. The van der Waals surface area contributed by atoms with Crippen molar-refractivity contribution in [2.45, 2.75) is 107 Å². The largest absolute Gasteiger partial charge is 0.463 e. The number of hydrogen-bond acceptors (Lipinski definition) is 10. The van der Waals surface area contributed by atoms with Crippen LogP contribution < -0.4 is 0 Å².